The van der Waals surface area contributed by atoms with Crippen LogP contribution < -0.4 is 5.32 Å². The average molecular weight is 736 g/mol. The van der Waals surface area contributed by atoms with Crippen molar-refractivity contribution >= 4 is 28.2 Å². The Bertz CT molecular complexity index is 1650. The van der Waals surface area contributed by atoms with E-state index < -0.39 is 16.4 Å². The predicted octanol–water partition coefficient (Wildman–Crippen LogP) is 11.7. The maximum atomic E-state index is 14.0. The molecule has 0 amide bonds. The second-order valence-corrected chi connectivity index (χ2v) is 8.45. The molecule has 9 nitrogen and oxygen atoms in total. The van der Waals surface area contributed by atoms with Crippen molar-refractivity contribution in [2.24, 2.45) is 0 Å². The number of nitro benzene ring substituents is 1. The summed E-state index contributed by atoms with van der Waals surface area (Å²) in [4.78, 5) is 23.9. The molecule has 0 atom stereocenters. The molecule has 49 heavy (non-hydrogen) atoms. The quantitative estimate of drug-likeness (QED) is 0.109. The SMILES string of the molecule is Cc1cc(F)c([N+](=O)[O-])cc1Nc1ncc(-c2ncco2)c(-c2cn3c4c(cccc24)CCC3)n1.FF.FF.FF.FF.FF.FF.FF. The summed E-state index contributed by atoms with van der Waals surface area (Å²) in [6, 6.07) is 8.53. The predicted molar refractivity (Wildman–Crippen MR) is 143 cm³/mol. The van der Waals surface area contributed by atoms with Gasteiger partial charge in [-0.25, -0.2) is 15.0 Å². The van der Waals surface area contributed by atoms with Crippen LogP contribution in [-0.2, 0) is 13.0 Å². The second kappa shape index (κ2) is 25.5. The van der Waals surface area contributed by atoms with Crippen LogP contribution >= 0.6 is 0 Å². The van der Waals surface area contributed by atoms with Crippen LogP contribution in [0.1, 0.15) is 17.5 Å². The summed E-state index contributed by atoms with van der Waals surface area (Å²) in [5, 5.41) is 15.3. The molecule has 272 valence electrons. The van der Waals surface area contributed by atoms with Crippen LogP contribution in [0.25, 0.3) is 33.6 Å². The Morgan fingerprint density at radius 3 is 2.10 bits per heavy atom. The number of halogens is 15. The van der Waals surface area contributed by atoms with E-state index in [0.29, 0.717) is 28.4 Å². The normalized spacial score (nSPS) is 9.96. The number of oxazole rings is 1. The third kappa shape index (κ3) is 11.3. The smallest absolute Gasteiger partial charge is 0.306 e. The number of rotatable bonds is 5. The van der Waals surface area contributed by atoms with E-state index in [4.69, 9.17) is 73.4 Å². The lowest BCUT2D eigenvalue weighted by Crippen LogP contribution is -2.05. The summed E-state index contributed by atoms with van der Waals surface area (Å²) in [6.45, 7) is 2.57. The summed E-state index contributed by atoms with van der Waals surface area (Å²) in [5.41, 5.74) is 4.82. The van der Waals surface area contributed by atoms with Gasteiger partial charge in [0.2, 0.25) is 17.7 Å². The number of benzene rings is 2. The standard InChI is InChI=1S/C25H19FN6O3.7F2/c1-14-10-19(26)21(32(33)34)11-20(14)29-25-28-12-17(24-27-7-9-35-24)22(30-25)18-13-31-8-3-5-15-4-2-6-16(18)23(15)31;7*1-2/h2,4,6-7,9-13H,3,5,8H2,1H3,(H,28,29,30);;;;;;;. The molecule has 2 aromatic carbocycles. The molecule has 1 aliphatic rings. The zero-order valence-corrected chi connectivity index (χ0v) is 23.9. The van der Waals surface area contributed by atoms with Crippen molar-refractivity contribution in [3.8, 4) is 22.7 Å². The maximum Gasteiger partial charge on any atom is 0.306 e. The summed E-state index contributed by atoms with van der Waals surface area (Å²) < 4.78 is 134. The molecule has 0 fully saturated rings. The van der Waals surface area contributed by atoms with E-state index in [1.165, 1.54) is 17.3 Å². The molecule has 1 N–H and O–H groups in total. The van der Waals surface area contributed by atoms with Gasteiger partial charge in [-0.15, -0.1) is 0 Å². The fourth-order valence-electron chi connectivity index (χ4n) is 4.66. The fourth-order valence-corrected chi connectivity index (χ4v) is 4.66. The average Bonchev–Trinajstić information content (AvgIpc) is 3.85. The Morgan fingerprint density at radius 2 is 1.53 bits per heavy atom. The van der Waals surface area contributed by atoms with Crippen LogP contribution in [0, 0.1) is 22.9 Å². The lowest BCUT2D eigenvalue weighted by Gasteiger charge is -2.14. The van der Waals surface area contributed by atoms with Crippen LogP contribution in [0.2, 0.25) is 0 Å². The summed E-state index contributed by atoms with van der Waals surface area (Å²) in [5.74, 6) is -0.300. The number of nitro groups is 1. The van der Waals surface area contributed by atoms with Gasteiger partial charge in [-0.1, -0.05) is 18.2 Å². The first-order valence-corrected chi connectivity index (χ1v) is 12.1. The van der Waals surface area contributed by atoms with Crippen molar-refractivity contribution in [3.63, 3.8) is 0 Å². The number of aromatic nitrogens is 4. The van der Waals surface area contributed by atoms with Crippen molar-refractivity contribution in [3.05, 3.63) is 82.2 Å². The van der Waals surface area contributed by atoms with E-state index in [1.54, 1.807) is 19.3 Å². The second-order valence-electron chi connectivity index (χ2n) is 8.45. The van der Waals surface area contributed by atoms with E-state index in [0.717, 1.165) is 42.5 Å². The van der Waals surface area contributed by atoms with Gasteiger partial charge in [-0.05, 0) is 37.0 Å². The molecule has 0 saturated carbocycles. The molecule has 1 aliphatic heterocycles. The van der Waals surface area contributed by atoms with Gasteiger partial charge in [0.15, 0.2) is 0 Å². The van der Waals surface area contributed by atoms with Crippen LogP contribution in [0.5, 0.6) is 0 Å². The number of nitrogens with one attached hydrogen (secondary N) is 1. The lowest BCUT2D eigenvalue weighted by atomic mass is 10.0. The lowest BCUT2D eigenvalue weighted by molar-refractivity contribution is -0.387. The molecule has 0 aliphatic carbocycles. The topological polar surface area (TPSA) is 112 Å². The van der Waals surface area contributed by atoms with E-state index in [1.807, 2.05) is 6.07 Å². The Hall–Kier alpha value is -5.58. The summed E-state index contributed by atoms with van der Waals surface area (Å²) >= 11 is 0. The first kappa shape index (κ1) is 45.5. The van der Waals surface area contributed by atoms with E-state index in [2.05, 4.69) is 38.2 Å². The molecule has 0 bridgehead atoms. The van der Waals surface area contributed by atoms with Gasteiger partial charge in [-0.2, -0.15) is 4.39 Å². The molecular weight excluding hydrogens is 717 g/mol. The molecule has 24 heteroatoms. The van der Waals surface area contributed by atoms with E-state index >= 15 is 0 Å². The highest BCUT2D eigenvalue weighted by molar-refractivity contribution is 6.00. The third-order valence-electron chi connectivity index (χ3n) is 6.27. The van der Waals surface area contributed by atoms with Crippen LogP contribution in [-0.4, -0.2) is 24.4 Å². The van der Waals surface area contributed by atoms with Crippen LogP contribution in [0.4, 0.5) is 85.8 Å². The number of hydrogen-bond acceptors (Lipinski definition) is 7. The van der Waals surface area contributed by atoms with Crippen molar-refractivity contribution in [1.82, 2.24) is 19.5 Å². The van der Waals surface area contributed by atoms with E-state index in [-0.39, 0.29) is 5.95 Å². The van der Waals surface area contributed by atoms with Gasteiger partial charge in [0, 0.05) is 100.0 Å². The van der Waals surface area contributed by atoms with Gasteiger partial charge < -0.3 is 14.3 Å². The zero-order valence-electron chi connectivity index (χ0n) is 23.9. The molecule has 5 aromatic rings. The fraction of sp³-hybridized carbons (Fsp3) is 0.160. The van der Waals surface area contributed by atoms with Crippen molar-refractivity contribution < 1.29 is 77.8 Å². The van der Waals surface area contributed by atoms with Crippen molar-refractivity contribution in [1.29, 1.82) is 0 Å². The number of aryl methyl sites for hydroxylation is 3. The zero-order chi connectivity index (χ0) is 38.1. The maximum absolute atomic E-state index is 14.0. The largest absolute Gasteiger partial charge is 0.444 e. The molecule has 0 unspecified atom stereocenters. The van der Waals surface area contributed by atoms with E-state index in [9.17, 15) is 14.5 Å². The molecule has 6 rings (SSSR count). The van der Waals surface area contributed by atoms with Crippen molar-refractivity contribution in [2.45, 2.75) is 26.3 Å². The molecule has 0 radical (unpaired) electrons. The summed E-state index contributed by atoms with van der Waals surface area (Å²) in [6.07, 6.45) is 8.82. The highest BCUT2D eigenvalue weighted by Gasteiger charge is 2.23. The van der Waals surface area contributed by atoms with Crippen LogP contribution in [0.3, 0.4) is 0 Å². The molecule has 0 saturated heterocycles. The minimum Gasteiger partial charge on any atom is -0.444 e. The highest BCUT2D eigenvalue weighted by atomic mass is 20.0. The first-order chi connectivity index (χ1) is 24.0. The van der Waals surface area contributed by atoms with Crippen LogP contribution in [0.15, 0.2) is 59.6 Å². The molecule has 3 aromatic heterocycles. The Labute approximate surface area is 262 Å². The minimum absolute atomic E-state index is 0.214. The number of nitrogens with zero attached hydrogens (tertiary/aromatic N) is 5. The number of para-hydroxylation sites is 1. The molecule has 0 spiro atoms. The Morgan fingerprint density at radius 1 is 0.898 bits per heavy atom. The van der Waals surface area contributed by atoms with Gasteiger partial charge in [0.1, 0.15) is 6.26 Å². The Kier molecular flexibility index (Phi) is 23.7. The minimum atomic E-state index is -0.895. The van der Waals surface area contributed by atoms with Gasteiger partial charge >= 0.3 is 5.69 Å². The van der Waals surface area contributed by atoms with Crippen molar-refractivity contribution in [2.75, 3.05) is 5.32 Å². The molecule has 4 heterocycles. The summed E-state index contributed by atoms with van der Waals surface area (Å²) in [7, 11) is 0. The van der Waals surface area contributed by atoms with Gasteiger partial charge in [-0.3, -0.25) is 10.1 Å². The molecular formula is C25H19F15N6O3. The first-order valence-electron chi connectivity index (χ1n) is 12.1. The Balaban J connectivity index is 0. The highest BCUT2D eigenvalue weighted by Crippen LogP contribution is 2.39. The monoisotopic (exact) mass is 736 g/mol. The van der Waals surface area contributed by atoms with Gasteiger partial charge in [0.05, 0.1) is 33.6 Å². The third-order valence-corrected chi connectivity index (χ3v) is 6.27. The number of hydrogen-bond donors (Lipinski definition) is 1. The number of anilines is 2. The van der Waals surface area contributed by atoms with Gasteiger partial charge in [0.25, 0.3) is 0 Å².